The van der Waals surface area contributed by atoms with Crippen LogP contribution in [0, 0.1) is 0 Å². The van der Waals surface area contributed by atoms with E-state index in [2.05, 4.69) is 10.00 Å². The number of hydrogen-bond acceptors (Lipinski definition) is 4. The normalized spacial score (nSPS) is 29.1. The van der Waals surface area contributed by atoms with Crippen molar-refractivity contribution >= 4 is 17.5 Å². The van der Waals surface area contributed by atoms with Gasteiger partial charge >= 0.3 is 0 Å². The molecule has 22 heavy (non-hydrogen) atoms. The Morgan fingerprint density at radius 1 is 1.45 bits per heavy atom. The van der Waals surface area contributed by atoms with Gasteiger partial charge in [-0.1, -0.05) is 11.6 Å². The van der Waals surface area contributed by atoms with E-state index < -0.39 is 6.10 Å². The Morgan fingerprint density at radius 2 is 2.18 bits per heavy atom. The molecule has 122 valence electrons. The number of nitrogens with zero attached hydrogens (tertiary/aromatic N) is 4. The lowest BCUT2D eigenvalue weighted by molar-refractivity contribution is -0.135. The van der Waals surface area contributed by atoms with E-state index in [-0.39, 0.29) is 24.5 Å². The minimum atomic E-state index is -0.465. The first-order valence-corrected chi connectivity index (χ1v) is 8.30. The molecule has 1 saturated carbocycles. The van der Waals surface area contributed by atoms with Crippen molar-refractivity contribution in [1.82, 2.24) is 19.6 Å². The Hall–Kier alpha value is -1.11. The van der Waals surface area contributed by atoms with Crippen molar-refractivity contribution < 1.29 is 9.90 Å². The number of likely N-dealkylation sites (tertiary alicyclic amines) is 1. The van der Waals surface area contributed by atoms with Gasteiger partial charge in [0.25, 0.3) is 0 Å². The Labute approximate surface area is 135 Å². The summed E-state index contributed by atoms with van der Waals surface area (Å²) in [6.45, 7) is 2.29. The van der Waals surface area contributed by atoms with Gasteiger partial charge in [-0.05, 0) is 38.8 Å². The lowest BCUT2D eigenvalue weighted by Crippen LogP contribution is -2.49. The Morgan fingerprint density at radius 3 is 2.82 bits per heavy atom. The highest BCUT2D eigenvalue weighted by Gasteiger charge is 2.41. The second kappa shape index (κ2) is 6.56. The van der Waals surface area contributed by atoms with Gasteiger partial charge in [0.1, 0.15) is 6.54 Å². The average Bonchev–Trinajstić information content (AvgIpc) is 3.19. The summed E-state index contributed by atoms with van der Waals surface area (Å²) < 4.78 is 1.53. The second-order valence-corrected chi connectivity index (χ2v) is 6.74. The highest BCUT2D eigenvalue weighted by molar-refractivity contribution is 6.30. The highest BCUT2D eigenvalue weighted by Crippen LogP contribution is 2.30. The molecule has 2 aliphatic rings. The number of carbonyl (C=O) groups excluding carboxylic acids is 1. The van der Waals surface area contributed by atoms with E-state index in [4.69, 9.17) is 11.6 Å². The summed E-state index contributed by atoms with van der Waals surface area (Å²) >= 11 is 5.81. The summed E-state index contributed by atoms with van der Waals surface area (Å²) in [4.78, 5) is 16.4. The van der Waals surface area contributed by atoms with E-state index in [0.29, 0.717) is 5.02 Å². The van der Waals surface area contributed by atoms with Crippen molar-refractivity contribution in [3.63, 3.8) is 0 Å². The third kappa shape index (κ3) is 3.14. The van der Waals surface area contributed by atoms with Crippen LogP contribution < -0.4 is 0 Å². The number of halogens is 1. The average molecular weight is 327 g/mol. The maximum Gasteiger partial charge on any atom is 0.244 e. The molecular formula is C15H23ClN4O2. The zero-order valence-corrected chi connectivity index (χ0v) is 13.6. The minimum absolute atomic E-state index is 0.0501. The zero-order valence-electron chi connectivity index (χ0n) is 12.9. The molecule has 1 aliphatic heterocycles. The molecule has 6 nitrogen and oxygen atoms in total. The number of aromatic nitrogens is 2. The number of aliphatic hydroxyl groups excluding tert-OH is 1. The van der Waals surface area contributed by atoms with Crippen LogP contribution >= 0.6 is 11.6 Å². The van der Waals surface area contributed by atoms with Gasteiger partial charge in [0.2, 0.25) is 5.91 Å². The van der Waals surface area contributed by atoms with Crippen molar-refractivity contribution in [1.29, 1.82) is 0 Å². The molecule has 1 aliphatic carbocycles. The highest BCUT2D eigenvalue weighted by atomic mass is 35.5. The summed E-state index contributed by atoms with van der Waals surface area (Å²) in [5.41, 5.74) is 0. The summed E-state index contributed by atoms with van der Waals surface area (Å²) in [7, 11) is 1.77. The lowest BCUT2D eigenvalue weighted by Gasteiger charge is -2.32. The van der Waals surface area contributed by atoms with E-state index in [1.165, 1.54) is 23.7 Å². The van der Waals surface area contributed by atoms with Crippen LogP contribution in [0.15, 0.2) is 12.4 Å². The first-order chi connectivity index (χ1) is 10.6. The SMILES string of the molecule is CN(C(=O)Cn1cc(Cl)cn1)[C@@H]1CC[C@@H](N2CCCC2)[C@@H]1O. The van der Waals surface area contributed by atoms with Crippen LogP contribution in [0.2, 0.25) is 5.02 Å². The smallest absolute Gasteiger partial charge is 0.244 e. The van der Waals surface area contributed by atoms with Crippen LogP contribution in [0.25, 0.3) is 0 Å². The molecular weight excluding hydrogens is 304 g/mol. The van der Waals surface area contributed by atoms with Crippen LogP contribution in [0.5, 0.6) is 0 Å². The van der Waals surface area contributed by atoms with Crippen LogP contribution in [0.1, 0.15) is 25.7 Å². The predicted molar refractivity (Wildman–Crippen MR) is 83.6 cm³/mol. The Bertz CT molecular complexity index is 529. The summed E-state index contributed by atoms with van der Waals surface area (Å²) in [5.74, 6) is -0.0501. The zero-order chi connectivity index (χ0) is 15.7. The number of aliphatic hydroxyl groups is 1. The van der Waals surface area contributed by atoms with E-state index in [1.54, 1.807) is 18.1 Å². The van der Waals surface area contributed by atoms with E-state index >= 15 is 0 Å². The monoisotopic (exact) mass is 326 g/mol. The van der Waals surface area contributed by atoms with E-state index in [1.807, 2.05) is 0 Å². The van der Waals surface area contributed by atoms with Crippen molar-refractivity contribution in [2.24, 2.45) is 0 Å². The molecule has 1 aromatic rings. The van der Waals surface area contributed by atoms with Gasteiger partial charge in [-0.3, -0.25) is 14.4 Å². The molecule has 1 aromatic heterocycles. The largest absolute Gasteiger partial charge is 0.389 e. The van der Waals surface area contributed by atoms with Gasteiger partial charge in [0.15, 0.2) is 0 Å². The molecule has 1 N–H and O–H groups in total. The molecule has 7 heteroatoms. The second-order valence-electron chi connectivity index (χ2n) is 6.31. The number of rotatable bonds is 4. The minimum Gasteiger partial charge on any atom is -0.389 e. The fourth-order valence-corrected chi connectivity index (χ4v) is 3.85. The number of amides is 1. The molecule has 2 heterocycles. The summed E-state index contributed by atoms with van der Waals surface area (Å²) in [6.07, 6.45) is 6.91. The molecule has 3 atom stereocenters. The third-order valence-electron chi connectivity index (χ3n) is 4.95. The first kappa shape index (κ1) is 15.8. The van der Waals surface area contributed by atoms with Gasteiger partial charge in [0, 0.05) is 19.3 Å². The van der Waals surface area contributed by atoms with Crippen LogP contribution in [0.4, 0.5) is 0 Å². The van der Waals surface area contributed by atoms with E-state index in [0.717, 1.165) is 25.9 Å². The number of likely N-dealkylation sites (N-methyl/N-ethyl adjacent to an activating group) is 1. The molecule has 2 fully saturated rings. The van der Waals surface area contributed by atoms with Gasteiger partial charge in [-0.15, -0.1) is 0 Å². The Kier molecular flexibility index (Phi) is 4.70. The maximum absolute atomic E-state index is 12.4. The van der Waals surface area contributed by atoms with Gasteiger partial charge in [-0.2, -0.15) is 5.10 Å². The lowest BCUT2D eigenvalue weighted by atomic mass is 10.1. The third-order valence-corrected chi connectivity index (χ3v) is 5.14. The van der Waals surface area contributed by atoms with Gasteiger partial charge < -0.3 is 10.0 Å². The fourth-order valence-electron chi connectivity index (χ4n) is 3.69. The van der Waals surface area contributed by atoms with Crippen molar-refractivity contribution in [3.05, 3.63) is 17.4 Å². The van der Waals surface area contributed by atoms with Crippen LogP contribution in [-0.4, -0.2) is 68.9 Å². The Balaban J connectivity index is 1.59. The van der Waals surface area contributed by atoms with Crippen molar-refractivity contribution in [3.8, 4) is 0 Å². The molecule has 0 aromatic carbocycles. The summed E-state index contributed by atoms with van der Waals surface area (Å²) in [6, 6.07) is 0.0889. The van der Waals surface area contributed by atoms with Crippen molar-refractivity contribution in [2.45, 2.75) is 50.4 Å². The van der Waals surface area contributed by atoms with Crippen molar-refractivity contribution in [2.75, 3.05) is 20.1 Å². The number of carbonyl (C=O) groups is 1. The molecule has 0 bridgehead atoms. The predicted octanol–water partition coefficient (Wildman–Crippen LogP) is 0.983. The first-order valence-electron chi connectivity index (χ1n) is 7.92. The quantitative estimate of drug-likeness (QED) is 0.896. The standard InChI is InChI=1S/C15H23ClN4O2/c1-18(14(21)10-20-9-11(16)8-17-20)12-4-5-13(15(12)22)19-6-2-3-7-19/h8-9,12-13,15,22H,2-7,10H2,1H3/t12-,13-,15-/m1/s1. The molecule has 0 radical (unpaired) electrons. The van der Waals surface area contributed by atoms with Crippen LogP contribution in [-0.2, 0) is 11.3 Å². The van der Waals surface area contributed by atoms with Gasteiger partial charge in [-0.25, -0.2) is 0 Å². The van der Waals surface area contributed by atoms with E-state index in [9.17, 15) is 9.90 Å². The molecule has 3 rings (SSSR count). The molecule has 1 saturated heterocycles. The fraction of sp³-hybridized carbons (Fsp3) is 0.733. The molecule has 1 amide bonds. The number of hydrogen-bond donors (Lipinski definition) is 1. The summed E-state index contributed by atoms with van der Waals surface area (Å²) in [5, 5.41) is 15.2. The molecule has 0 spiro atoms. The van der Waals surface area contributed by atoms with Gasteiger partial charge in [0.05, 0.1) is 23.4 Å². The molecule has 0 unspecified atom stereocenters. The maximum atomic E-state index is 12.4. The van der Waals surface area contributed by atoms with Crippen LogP contribution in [0.3, 0.4) is 0 Å². The topological polar surface area (TPSA) is 61.6 Å².